The van der Waals surface area contributed by atoms with E-state index < -0.39 is 17.4 Å². The predicted octanol–water partition coefficient (Wildman–Crippen LogP) is 1.68. The van der Waals surface area contributed by atoms with Crippen molar-refractivity contribution in [1.82, 2.24) is 14.6 Å². The van der Waals surface area contributed by atoms with E-state index in [1.54, 1.807) is 34.8 Å². The topological polar surface area (TPSA) is 113 Å². The van der Waals surface area contributed by atoms with Crippen molar-refractivity contribution < 1.29 is 19.0 Å². The van der Waals surface area contributed by atoms with E-state index >= 15 is 0 Å². The van der Waals surface area contributed by atoms with Crippen LogP contribution in [0.4, 0.5) is 4.79 Å². The van der Waals surface area contributed by atoms with Crippen LogP contribution in [0, 0.1) is 6.92 Å². The van der Waals surface area contributed by atoms with Gasteiger partial charge in [0.05, 0.1) is 42.8 Å². The highest BCUT2D eigenvalue weighted by Gasteiger charge is 2.20. The molecule has 2 aromatic heterocycles. The van der Waals surface area contributed by atoms with Gasteiger partial charge in [0.15, 0.2) is 0 Å². The number of rotatable bonds is 8. The van der Waals surface area contributed by atoms with E-state index in [-0.39, 0.29) is 18.7 Å². The third-order valence-corrected chi connectivity index (χ3v) is 5.36. The zero-order chi connectivity index (χ0) is 22.5. The molecule has 30 heavy (non-hydrogen) atoms. The van der Waals surface area contributed by atoms with Gasteiger partial charge in [0.2, 0.25) is 0 Å². The van der Waals surface area contributed by atoms with Crippen molar-refractivity contribution >= 4 is 33.9 Å². The van der Waals surface area contributed by atoms with Gasteiger partial charge in [-0.15, -0.1) is 11.3 Å². The molecular formula is C19H28N4O6S. The Morgan fingerprint density at radius 2 is 1.73 bits per heavy atom. The summed E-state index contributed by atoms with van der Waals surface area (Å²) in [4.78, 5) is 38.8. The van der Waals surface area contributed by atoms with Crippen molar-refractivity contribution in [3.63, 3.8) is 0 Å². The minimum absolute atomic E-state index is 0.149. The molecule has 0 aromatic carbocycles. The van der Waals surface area contributed by atoms with Gasteiger partial charge in [-0.2, -0.15) is 5.10 Å². The molecule has 0 bridgehead atoms. The normalized spacial score (nSPS) is 12.1. The van der Waals surface area contributed by atoms with E-state index in [1.165, 1.54) is 33.8 Å². The van der Waals surface area contributed by atoms with E-state index in [0.29, 0.717) is 33.8 Å². The van der Waals surface area contributed by atoms with Crippen LogP contribution in [0.25, 0.3) is 10.2 Å². The summed E-state index contributed by atoms with van der Waals surface area (Å²) in [6.07, 6.45) is 0.755. The maximum atomic E-state index is 13.0. The SMILES string of the molecule is COCCn1c(=O)c2c(C)c(C=NNC(=O)OC(C)(C)C)sc2n(CCOC)c1=O. The highest BCUT2D eigenvalue weighted by Crippen LogP contribution is 2.26. The van der Waals surface area contributed by atoms with Gasteiger partial charge in [0, 0.05) is 14.2 Å². The van der Waals surface area contributed by atoms with Gasteiger partial charge in [-0.25, -0.2) is 15.0 Å². The number of amides is 1. The zero-order valence-electron chi connectivity index (χ0n) is 18.1. The lowest BCUT2D eigenvalue weighted by Crippen LogP contribution is -2.41. The Hall–Kier alpha value is -2.50. The molecule has 0 atom stereocenters. The second kappa shape index (κ2) is 10.0. The lowest BCUT2D eigenvalue weighted by Gasteiger charge is -2.18. The Morgan fingerprint density at radius 1 is 1.13 bits per heavy atom. The van der Waals surface area contributed by atoms with E-state index in [1.807, 2.05) is 0 Å². The maximum absolute atomic E-state index is 13.0. The molecule has 0 aliphatic heterocycles. The van der Waals surface area contributed by atoms with Crippen LogP contribution in [0.5, 0.6) is 0 Å². The molecule has 166 valence electrons. The number of aryl methyl sites for hydroxylation is 1. The zero-order valence-corrected chi connectivity index (χ0v) is 18.9. The fourth-order valence-electron chi connectivity index (χ4n) is 2.74. The number of nitrogens with one attached hydrogen (secondary N) is 1. The van der Waals surface area contributed by atoms with Gasteiger partial charge in [-0.3, -0.25) is 13.9 Å². The third kappa shape index (κ3) is 5.55. The lowest BCUT2D eigenvalue weighted by atomic mass is 10.2. The van der Waals surface area contributed by atoms with Crippen LogP contribution in [-0.2, 0) is 27.3 Å². The number of thiophene rings is 1. The molecule has 11 heteroatoms. The van der Waals surface area contributed by atoms with Gasteiger partial charge in [0.25, 0.3) is 5.56 Å². The minimum atomic E-state index is -0.684. The Bertz CT molecular complexity index is 1040. The molecule has 1 amide bonds. The van der Waals surface area contributed by atoms with Crippen LogP contribution in [0.1, 0.15) is 31.2 Å². The van der Waals surface area contributed by atoms with Gasteiger partial charge in [-0.1, -0.05) is 0 Å². The third-order valence-electron chi connectivity index (χ3n) is 4.11. The Labute approximate surface area is 178 Å². The van der Waals surface area contributed by atoms with E-state index in [0.717, 1.165) is 0 Å². The van der Waals surface area contributed by atoms with Crippen LogP contribution < -0.4 is 16.7 Å². The van der Waals surface area contributed by atoms with Crippen molar-refractivity contribution in [2.24, 2.45) is 5.10 Å². The fourth-order valence-corrected chi connectivity index (χ4v) is 3.93. The average Bonchev–Trinajstić information content (AvgIpc) is 2.97. The molecule has 0 aliphatic carbocycles. The number of hydrogen-bond donors (Lipinski definition) is 1. The molecule has 10 nitrogen and oxygen atoms in total. The summed E-state index contributed by atoms with van der Waals surface area (Å²) in [6, 6.07) is 0. The van der Waals surface area contributed by atoms with Crippen LogP contribution in [-0.4, -0.2) is 54.5 Å². The molecule has 0 aliphatic rings. The standard InChI is InChI=1S/C19H28N4O6S/c1-12-13(11-20-21-17(25)29-19(2,3)4)30-16-14(12)15(24)22(7-9-27-5)18(26)23(16)8-10-28-6/h11H,7-10H2,1-6H3,(H,21,25). The summed E-state index contributed by atoms with van der Waals surface area (Å²) in [7, 11) is 3.05. The summed E-state index contributed by atoms with van der Waals surface area (Å²) in [5, 5.41) is 4.35. The summed E-state index contributed by atoms with van der Waals surface area (Å²) < 4.78 is 18.0. The summed E-state index contributed by atoms with van der Waals surface area (Å²) in [5.41, 5.74) is 1.53. The molecule has 2 rings (SSSR count). The van der Waals surface area contributed by atoms with Gasteiger partial charge in [-0.05, 0) is 33.3 Å². The first kappa shape index (κ1) is 23.8. The van der Waals surface area contributed by atoms with Crippen LogP contribution in [0.3, 0.4) is 0 Å². The molecule has 2 aromatic rings. The number of aromatic nitrogens is 2. The largest absolute Gasteiger partial charge is 0.443 e. The second-order valence-electron chi connectivity index (χ2n) is 7.52. The molecule has 0 radical (unpaired) electrons. The summed E-state index contributed by atoms with van der Waals surface area (Å²) in [5.74, 6) is 0. The van der Waals surface area contributed by atoms with Crippen molar-refractivity contribution in [3.05, 3.63) is 31.3 Å². The van der Waals surface area contributed by atoms with Gasteiger partial charge < -0.3 is 14.2 Å². The van der Waals surface area contributed by atoms with E-state index in [4.69, 9.17) is 14.2 Å². The number of hydrazone groups is 1. The van der Waals surface area contributed by atoms with Crippen molar-refractivity contribution in [2.45, 2.75) is 46.4 Å². The molecule has 0 unspecified atom stereocenters. The molecule has 2 heterocycles. The van der Waals surface area contributed by atoms with Crippen LogP contribution >= 0.6 is 11.3 Å². The Balaban J connectivity index is 2.49. The highest BCUT2D eigenvalue weighted by molar-refractivity contribution is 7.20. The molecule has 1 N–H and O–H groups in total. The number of carbonyl (C=O) groups is 1. The van der Waals surface area contributed by atoms with Crippen LogP contribution in [0.2, 0.25) is 0 Å². The number of fused-ring (bicyclic) bond motifs is 1. The summed E-state index contributed by atoms with van der Waals surface area (Å²) in [6.45, 7) is 8.03. The van der Waals surface area contributed by atoms with Crippen molar-refractivity contribution in [2.75, 3.05) is 27.4 Å². The van der Waals surface area contributed by atoms with Gasteiger partial charge >= 0.3 is 11.8 Å². The van der Waals surface area contributed by atoms with Crippen molar-refractivity contribution in [1.29, 1.82) is 0 Å². The number of carbonyl (C=O) groups excluding carboxylic acids is 1. The fraction of sp³-hybridized carbons (Fsp3) is 0.579. The average molecular weight is 441 g/mol. The first-order valence-electron chi connectivity index (χ1n) is 9.37. The maximum Gasteiger partial charge on any atom is 0.428 e. The first-order chi connectivity index (χ1) is 14.1. The number of hydrogen-bond acceptors (Lipinski definition) is 8. The molecule has 0 fully saturated rings. The number of ether oxygens (including phenoxy) is 3. The second-order valence-corrected chi connectivity index (χ2v) is 8.55. The van der Waals surface area contributed by atoms with Crippen LogP contribution in [0.15, 0.2) is 14.7 Å². The molecular weight excluding hydrogens is 412 g/mol. The van der Waals surface area contributed by atoms with E-state index in [9.17, 15) is 14.4 Å². The number of nitrogens with zero attached hydrogens (tertiary/aromatic N) is 3. The molecule has 0 saturated carbocycles. The van der Waals surface area contributed by atoms with Crippen molar-refractivity contribution in [3.8, 4) is 0 Å². The Kier molecular flexibility index (Phi) is 7.93. The lowest BCUT2D eigenvalue weighted by molar-refractivity contribution is 0.0529. The predicted molar refractivity (Wildman–Crippen MR) is 116 cm³/mol. The number of methoxy groups -OCH3 is 2. The smallest absolute Gasteiger partial charge is 0.428 e. The summed E-state index contributed by atoms with van der Waals surface area (Å²) >= 11 is 1.25. The Morgan fingerprint density at radius 3 is 2.30 bits per heavy atom. The monoisotopic (exact) mass is 440 g/mol. The molecule has 0 saturated heterocycles. The highest BCUT2D eigenvalue weighted by atomic mass is 32.1. The minimum Gasteiger partial charge on any atom is -0.443 e. The molecule has 0 spiro atoms. The van der Waals surface area contributed by atoms with E-state index in [2.05, 4.69) is 10.5 Å². The quantitative estimate of drug-likeness (QED) is 0.494. The first-order valence-corrected chi connectivity index (χ1v) is 10.2. The van der Waals surface area contributed by atoms with Gasteiger partial charge in [0.1, 0.15) is 10.4 Å².